The highest BCUT2D eigenvalue weighted by molar-refractivity contribution is 6.22. The van der Waals surface area contributed by atoms with Gasteiger partial charge >= 0.3 is 0 Å². The number of fused-ring (bicyclic) bond motifs is 1. The molecule has 168 valence electrons. The molecule has 1 saturated heterocycles. The molecule has 0 unspecified atom stereocenters. The number of ether oxygens (including phenoxy) is 2. The molecule has 0 spiro atoms. The Balaban J connectivity index is 1.58. The van der Waals surface area contributed by atoms with E-state index in [-0.39, 0.29) is 40.7 Å². The quantitative estimate of drug-likeness (QED) is 0.396. The minimum Gasteiger partial charge on any atom is -0.497 e. The average molecular weight is 439 g/mol. The molecule has 1 heterocycles. The van der Waals surface area contributed by atoms with Crippen molar-refractivity contribution in [1.29, 1.82) is 0 Å². The van der Waals surface area contributed by atoms with Gasteiger partial charge in [0.15, 0.2) is 0 Å². The van der Waals surface area contributed by atoms with Crippen molar-refractivity contribution >= 4 is 28.9 Å². The van der Waals surface area contributed by atoms with Crippen LogP contribution in [0, 0.1) is 22.0 Å². The zero-order valence-corrected chi connectivity index (χ0v) is 18.0. The first-order chi connectivity index (χ1) is 15.4. The van der Waals surface area contributed by atoms with Crippen LogP contribution in [0.4, 0.5) is 17.1 Å². The number of carbonyl (C=O) groups excluding carboxylic acids is 2. The molecule has 2 amide bonds. The summed E-state index contributed by atoms with van der Waals surface area (Å²) in [6.45, 7) is 0.291. The largest absolute Gasteiger partial charge is 0.497 e. The number of nitrogens with one attached hydrogen (secondary N) is 1. The van der Waals surface area contributed by atoms with Crippen LogP contribution in [-0.2, 0) is 16.1 Å². The number of rotatable bonds is 7. The van der Waals surface area contributed by atoms with Crippen molar-refractivity contribution in [3.63, 3.8) is 0 Å². The van der Waals surface area contributed by atoms with Gasteiger partial charge < -0.3 is 14.8 Å². The van der Waals surface area contributed by atoms with Crippen LogP contribution in [0.2, 0.25) is 0 Å². The fourth-order valence-corrected chi connectivity index (χ4v) is 4.54. The molecule has 2 atom stereocenters. The molecule has 2 aromatic carbocycles. The summed E-state index contributed by atoms with van der Waals surface area (Å²) >= 11 is 0. The van der Waals surface area contributed by atoms with Gasteiger partial charge in [-0.1, -0.05) is 12.8 Å². The van der Waals surface area contributed by atoms with Crippen molar-refractivity contribution < 1.29 is 24.0 Å². The lowest BCUT2D eigenvalue weighted by molar-refractivity contribution is -0.383. The molecule has 0 bridgehead atoms. The summed E-state index contributed by atoms with van der Waals surface area (Å²) in [6, 6.07) is 9.75. The first-order valence-electron chi connectivity index (χ1n) is 10.5. The molecule has 2 fully saturated rings. The van der Waals surface area contributed by atoms with Crippen LogP contribution in [0.25, 0.3) is 0 Å². The van der Waals surface area contributed by atoms with E-state index < -0.39 is 4.92 Å². The number of benzene rings is 2. The van der Waals surface area contributed by atoms with Gasteiger partial charge in [0.1, 0.15) is 17.2 Å². The van der Waals surface area contributed by atoms with Gasteiger partial charge in [-0.15, -0.1) is 0 Å². The highest BCUT2D eigenvalue weighted by Crippen LogP contribution is 2.41. The van der Waals surface area contributed by atoms with E-state index in [1.54, 1.807) is 38.5 Å². The molecule has 1 saturated carbocycles. The van der Waals surface area contributed by atoms with E-state index in [0.29, 0.717) is 30.9 Å². The van der Waals surface area contributed by atoms with Crippen LogP contribution < -0.4 is 19.7 Å². The van der Waals surface area contributed by atoms with Crippen LogP contribution in [0.5, 0.6) is 11.5 Å². The Kier molecular flexibility index (Phi) is 5.98. The van der Waals surface area contributed by atoms with Gasteiger partial charge in [-0.2, -0.15) is 0 Å². The second-order valence-corrected chi connectivity index (χ2v) is 8.04. The van der Waals surface area contributed by atoms with E-state index in [1.165, 1.54) is 12.1 Å². The lowest BCUT2D eigenvalue weighted by atomic mass is 9.81. The SMILES string of the molecule is COc1cc(CNc2ccc(N3C(=O)[C@@H]4CCCC[C@H]4C3=O)cc2[N+](=O)[O-])cc(OC)c1. The molecule has 32 heavy (non-hydrogen) atoms. The molecule has 4 rings (SSSR count). The normalized spacial score (nSPS) is 20.1. The van der Waals surface area contributed by atoms with Gasteiger partial charge in [-0.25, -0.2) is 4.90 Å². The van der Waals surface area contributed by atoms with Crippen molar-refractivity contribution in [3.8, 4) is 11.5 Å². The summed E-state index contributed by atoms with van der Waals surface area (Å²) < 4.78 is 10.5. The Hall–Kier alpha value is -3.62. The Morgan fingerprint density at radius 2 is 1.59 bits per heavy atom. The second kappa shape index (κ2) is 8.86. The van der Waals surface area contributed by atoms with Crippen LogP contribution in [0.1, 0.15) is 31.2 Å². The van der Waals surface area contributed by atoms with Crippen molar-refractivity contribution in [1.82, 2.24) is 0 Å². The van der Waals surface area contributed by atoms with E-state index in [1.807, 2.05) is 0 Å². The molecule has 0 radical (unpaired) electrons. The predicted octanol–water partition coefficient (Wildman–Crippen LogP) is 3.90. The second-order valence-electron chi connectivity index (χ2n) is 8.04. The Bertz CT molecular complexity index is 1020. The highest BCUT2D eigenvalue weighted by Gasteiger charge is 2.49. The number of hydrogen-bond acceptors (Lipinski definition) is 7. The fourth-order valence-electron chi connectivity index (χ4n) is 4.54. The maximum Gasteiger partial charge on any atom is 0.294 e. The number of amides is 2. The number of nitro groups is 1. The first kappa shape index (κ1) is 21.6. The van der Waals surface area contributed by atoms with Gasteiger partial charge in [-0.3, -0.25) is 19.7 Å². The van der Waals surface area contributed by atoms with Crippen molar-refractivity contribution in [2.24, 2.45) is 11.8 Å². The van der Waals surface area contributed by atoms with Gasteiger partial charge in [0, 0.05) is 18.7 Å². The predicted molar refractivity (Wildman–Crippen MR) is 118 cm³/mol. The maximum atomic E-state index is 12.8. The average Bonchev–Trinajstić information content (AvgIpc) is 3.07. The summed E-state index contributed by atoms with van der Waals surface area (Å²) in [7, 11) is 3.10. The van der Waals surface area contributed by atoms with Gasteiger partial charge in [0.05, 0.1) is 36.7 Å². The Morgan fingerprint density at radius 1 is 1.00 bits per heavy atom. The van der Waals surface area contributed by atoms with Gasteiger partial charge in [0.2, 0.25) is 11.8 Å². The molecule has 9 heteroatoms. The highest BCUT2D eigenvalue weighted by atomic mass is 16.6. The molecular formula is C23H25N3O6. The lowest BCUT2D eigenvalue weighted by Crippen LogP contribution is -2.30. The van der Waals surface area contributed by atoms with Gasteiger partial charge in [-0.05, 0) is 42.7 Å². The van der Waals surface area contributed by atoms with E-state index in [0.717, 1.165) is 23.3 Å². The summed E-state index contributed by atoms with van der Waals surface area (Å²) in [6.07, 6.45) is 3.23. The standard InChI is InChI=1S/C23H25N3O6/c1-31-16-9-14(10-17(12-16)32-2)13-24-20-8-7-15(11-21(20)26(29)30)25-22(27)18-5-3-4-6-19(18)23(25)28/h7-12,18-19,24H,3-6,13H2,1-2H3/t18-,19-/m1/s1. The molecule has 2 aliphatic rings. The number of carbonyl (C=O) groups is 2. The van der Waals surface area contributed by atoms with Crippen LogP contribution in [0.15, 0.2) is 36.4 Å². The summed E-state index contributed by atoms with van der Waals surface area (Å²) in [5.41, 5.74) is 1.15. The number of nitro benzene ring substituents is 1. The molecular weight excluding hydrogens is 414 g/mol. The van der Waals surface area contributed by atoms with Crippen LogP contribution in [-0.4, -0.2) is 31.0 Å². The van der Waals surface area contributed by atoms with Crippen molar-refractivity contribution in [2.45, 2.75) is 32.2 Å². The summed E-state index contributed by atoms with van der Waals surface area (Å²) in [4.78, 5) is 38.1. The fraction of sp³-hybridized carbons (Fsp3) is 0.391. The van der Waals surface area contributed by atoms with Crippen molar-refractivity contribution in [2.75, 3.05) is 24.4 Å². The molecule has 9 nitrogen and oxygen atoms in total. The number of hydrogen-bond donors (Lipinski definition) is 1. The smallest absolute Gasteiger partial charge is 0.294 e. The van der Waals surface area contributed by atoms with E-state index in [4.69, 9.17) is 9.47 Å². The monoisotopic (exact) mass is 439 g/mol. The van der Waals surface area contributed by atoms with E-state index in [2.05, 4.69) is 5.32 Å². The van der Waals surface area contributed by atoms with E-state index in [9.17, 15) is 19.7 Å². The maximum absolute atomic E-state index is 12.8. The van der Waals surface area contributed by atoms with Crippen LogP contribution in [0.3, 0.4) is 0 Å². The lowest BCUT2D eigenvalue weighted by Gasteiger charge is -2.19. The zero-order valence-electron chi connectivity index (χ0n) is 18.0. The topological polar surface area (TPSA) is 111 Å². The molecule has 1 aliphatic heterocycles. The minimum atomic E-state index is -0.518. The minimum absolute atomic E-state index is 0.201. The molecule has 2 aromatic rings. The number of methoxy groups -OCH3 is 2. The Morgan fingerprint density at radius 3 is 2.12 bits per heavy atom. The van der Waals surface area contributed by atoms with Crippen molar-refractivity contribution in [3.05, 3.63) is 52.1 Å². The Labute approximate surface area is 185 Å². The van der Waals surface area contributed by atoms with Gasteiger partial charge in [0.25, 0.3) is 5.69 Å². The number of anilines is 2. The molecule has 0 aromatic heterocycles. The third-order valence-corrected chi connectivity index (χ3v) is 6.17. The van der Waals surface area contributed by atoms with Crippen LogP contribution >= 0.6 is 0 Å². The summed E-state index contributed by atoms with van der Waals surface area (Å²) in [5.74, 6) is 0.0979. The number of imide groups is 1. The third-order valence-electron chi connectivity index (χ3n) is 6.17. The number of nitrogens with zero attached hydrogens (tertiary/aromatic N) is 2. The molecule has 1 N–H and O–H groups in total. The molecule has 1 aliphatic carbocycles. The summed E-state index contributed by atoms with van der Waals surface area (Å²) in [5, 5.41) is 14.8. The third kappa shape index (κ3) is 3.98. The zero-order chi connectivity index (χ0) is 22.8. The first-order valence-corrected chi connectivity index (χ1v) is 10.5. The van der Waals surface area contributed by atoms with E-state index >= 15 is 0 Å².